The molecule has 6 nitrogen and oxygen atoms in total. The van der Waals surface area contributed by atoms with Crippen molar-refractivity contribution < 1.29 is 24.1 Å². The fraction of sp³-hybridized carbons (Fsp3) is 0.783. The summed E-state index contributed by atoms with van der Waals surface area (Å²) in [4.78, 5) is 4.64. The van der Waals surface area contributed by atoms with Crippen LogP contribution in [0, 0.1) is 5.41 Å². The molecule has 1 atom stereocenters. The first-order valence-electron chi connectivity index (χ1n) is 11.2. The first kappa shape index (κ1) is 28.3. The molecule has 0 saturated heterocycles. The standard InChI is InChI=1S/C23H45NO5Si2/c1-23(2,3)22(25)21-20(29-18-27-13-15-31(7,8)9)11-10-19(24-21)16-28-17-26-12-14-30(4,5)6/h10-11,22,25H,12-18H2,1-9H3. The number of hydrogen-bond acceptors (Lipinski definition) is 6. The second kappa shape index (κ2) is 12.5. The van der Waals surface area contributed by atoms with E-state index in [-0.39, 0.29) is 19.0 Å². The molecule has 31 heavy (non-hydrogen) atoms. The fourth-order valence-corrected chi connectivity index (χ4v) is 4.01. The van der Waals surface area contributed by atoms with Gasteiger partial charge in [0.25, 0.3) is 0 Å². The Morgan fingerprint density at radius 1 is 0.871 bits per heavy atom. The van der Waals surface area contributed by atoms with E-state index in [0.29, 0.717) is 24.7 Å². The summed E-state index contributed by atoms with van der Waals surface area (Å²) < 4.78 is 22.7. The lowest BCUT2D eigenvalue weighted by Gasteiger charge is -2.27. The molecular formula is C23H45NO5Si2. The molecule has 1 unspecified atom stereocenters. The summed E-state index contributed by atoms with van der Waals surface area (Å²) in [5.74, 6) is 0.547. The third-order valence-corrected chi connectivity index (χ3v) is 8.14. The van der Waals surface area contributed by atoms with Gasteiger partial charge in [0.15, 0.2) is 6.79 Å². The maximum atomic E-state index is 10.9. The van der Waals surface area contributed by atoms with Crippen molar-refractivity contribution in [3.05, 3.63) is 23.5 Å². The number of aromatic nitrogens is 1. The van der Waals surface area contributed by atoms with Gasteiger partial charge >= 0.3 is 0 Å². The molecule has 1 aromatic heterocycles. The molecule has 0 radical (unpaired) electrons. The van der Waals surface area contributed by atoms with Gasteiger partial charge in [-0.1, -0.05) is 60.1 Å². The molecule has 0 aliphatic carbocycles. The van der Waals surface area contributed by atoms with Crippen LogP contribution in [0.15, 0.2) is 12.1 Å². The van der Waals surface area contributed by atoms with E-state index in [4.69, 9.17) is 18.9 Å². The van der Waals surface area contributed by atoms with Crippen LogP contribution in [-0.4, -0.2) is 53.0 Å². The van der Waals surface area contributed by atoms with Crippen molar-refractivity contribution in [1.29, 1.82) is 0 Å². The summed E-state index contributed by atoms with van der Waals surface area (Å²) in [6.07, 6.45) is -0.766. The molecule has 0 aromatic carbocycles. The van der Waals surface area contributed by atoms with Gasteiger partial charge in [-0.05, 0) is 29.6 Å². The van der Waals surface area contributed by atoms with Crippen LogP contribution in [0.1, 0.15) is 38.3 Å². The van der Waals surface area contributed by atoms with E-state index < -0.39 is 22.3 Å². The molecule has 0 saturated carbocycles. The van der Waals surface area contributed by atoms with Gasteiger partial charge in [0.1, 0.15) is 24.3 Å². The first-order valence-corrected chi connectivity index (χ1v) is 18.6. The molecule has 1 aromatic rings. The second-order valence-electron chi connectivity index (χ2n) is 11.6. The number of hydrogen-bond donors (Lipinski definition) is 1. The van der Waals surface area contributed by atoms with Gasteiger partial charge in [-0.25, -0.2) is 4.98 Å². The average Bonchev–Trinajstić information content (AvgIpc) is 2.61. The maximum absolute atomic E-state index is 10.9. The van der Waals surface area contributed by atoms with E-state index in [1.165, 1.54) is 0 Å². The van der Waals surface area contributed by atoms with Crippen molar-refractivity contribution in [2.45, 2.75) is 84.9 Å². The zero-order valence-corrected chi connectivity index (χ0v) is 23.2. The molecule has 0 amide bonds. The Morgan fingerprint density at radius 2 is 1.42 bits per heavy atom. The highest BCUT2D eigenvalue weighted by Crippen LogP contribution is 2.36. The molecular weight excluding hydrogens is 426 g/mol. The normalized spacial score (nSPS) is 14.0. The van der Waals surface area contributed by atoms with E-state index in [2.05, 4.69) is 44.3 Å². The molecule has 0 aliphatic heterocycles. The van der Waals surface area contributed by atoms with Crippen LogP contribution in [0.4, 0.5) is 0 Å². The molecule has 8 heteroatoms. The van der Waals surface area contributed by atoms with Gasteiger partial charge in [-0.2, -0.15) is 0 Å². The molecule has 1 heterocycles. The number of aliphatic hydroxyl groups is 1. The highest BCUT2D eigenvalue weighted by molar-refractivity contribution is 6.76. The lowest BCUT2D eigenvalue weighted by Crippen LogP contribution is -2.23. The Balaban J connectivity index is 2.66. The third-order valence-electron chi connectivity index (χ3n) is 4.73. The Hall–Kier alpha value is -0.776. The van der Waals surface area contributed by atoms with E-state index in [1.54, 1.807) is 0 Å². The summed E-state index contributed by atoms with van der Waals surface area (Å²) in [5, 5.41) is 10.9. The van der Waals surface area contributed by atoms with Crippen LogP contribution in [-0.2, 0) is 20.8 Å². The molecule has 0 spiro atoms. The number of nitrogens with zero attached hydrogens (tertiary/aromatic N) is 1. The van der Waals surface area contributed by atoms with E-state index in [9.17, 15) is 5.11 Å². The second-order valence-corrected chi connectivity index (χ2v) is 22.9. The van der Waals surface area contributed by atoms with Crippen LogP contribution < -0.4 is 4.74 Å². The fourth-order valence-electron chi connectivity index (χ4n) is 2.50. The van der Waals surface area contributed by atoms with Gasteiger partial charge in [-0.3, -0.25) is 0 Å². The lowest BCUT2D eigenvalue weighted by molar-refractivity contribution is -0.0584. The van der Waals surface area contributed by atoms with Crippen LogP contribution in [0.25, 0.3) is 0 Å². The summed E-state index contributed by atoms with van der Waals surface area (Å²) in [5.41, 5.74) is 0.879. The van der Waals surface area contributed by atoms with Crippen molar-refractivity contribution in [3.8, 4) is 5.75 Å². The molecule has 1 rings (SSSR count). The molecule has 0 bridgehead atoms. The van der Waals surface area contributed by atoms with Gasteiger partial charge in [0, 0.05) is 29.4 Å². The SMILES string of the molecule is CC(C)(C)C(O)c1nc(COCOCC[Si](C)(C)C)ccc1OCOCC[Si](C)(C)C. The first-order chi connectivity index (χ1) is 14.2. The Labute approximate surface area is 191 Å². The maximum Gasteiger partial charge on any atom is 0.189 e. The Kier molecular flexibility index (Phi) is 11.4. The molecule has 1 N–H and O–H groups in total. The zero-order valence-electron chi connectivity index (χ0n) is 21.2. The monoisotopic (exact) mass is 471 g/mol. The van der Waals surface area contributed by atoms with Gasteiger partial charge < -0.3 is 24.1 Å². The predicted octanol–water partition coefficient (Wildman–Crippen LogP) is 5.68. The topological polar surface area (TPSA) is 70.0 Å². The summed E-state index contributed by atoms with van der Waals surface area (Å²) in [6, 6.07) is 5.90. The average molecular weight is 472 g/mol. The highest BCUT2D eigenvalue weighted by Gasteiger charge is 2.28. The molecule has 0 aliphatic rings. The van der Waals surface area contributed by atoms with Crippen molar-refractivity contribution in [1.82, 2.24) is 4.98 Å². The quantitative estimate of drug-likeness (QED) is 0.214. The molecule has 0 fully saturated rings. The minimum absolute atomic E-state index is 0.150. The Morgan fingerprint density at radius 3 is 1.94 bits per heavy atom. The van der Waals surface area contributed by atoms with Gasteiger partial charge in [0.2, 0.25) is 0 Å². The van der Waals surface area contributed by atoms with Crippen LogP contribution in [0.3, 0.4) is 0 Å². The summed E-state index contributed by atoms with van der Waals surface area (Å²) >= 11 is 0. The van der Waals surface area contributed by atoms with Crippen molar-refractivity contribution in [2.24, 2.45) is 5.41 Å². The largest absolute Gasteiger partial charge is 0.466 e. The van der Waals surface area contributed by atoms with E-state index in [0.717, 1.165) is 24.4 Å². The van der Waals surface area contributed by atoms with Gasteiger partial charge in [-0.15, -0.1) is 0 Å². The van der Waals surface area contributed by atoms with Gasteiger partial charge in [0.05, 0.1) is 12.3 Å². The van der Waals surface area contributed by atoms with Crippen LogP contribution in [0.5, 0.6) is 5.75 Å². The van der Waals surface area contributed by atoms with Crippen LogP contribution in [0.2, 0.25) is 51.4 Å². The van der Waals surface area contributed by atoms with Crippen molar-refractivity contribution in [3.63, 3.8) is 0 Å². The van der Waals surface area contributed by atoms with E-state index >= 15 is 0 Å². The van der Waals surface area contributed by atoms with Crippen molar-refractivity contribution in [2.75, 3.05) is 26.8 Å². The zero-order chi connectivity index (χ0) is 23.7. The third kappa shape index (κ3) is 12.7. The smallest absolute Gasteiger partial charge is 0.189 e. The van der Waals surface area contributed by atoms with Crippen LogP contribution >= 0.6 is 0 Å². The molecule has 180 valence electrons. The van der Waals surface area contributed by atoms with E-state index in [1.807, 2.05) is 32.9 Å². The minimum atomic E-state index is -1.13. The Bertz CT molecular complexity index is 651. The number of aliphatic hydroxyl groups excluding tert-OH is 1. The predicted molar refractivity (Wildman–Crippen MR) is 132 cm³/mol. The minimum Gasteiger partial charge on any atom is -0.466 e. The lowest BCUT2D eigenvalue weighted by atomic mass is 9.86. The highest BCUT2D eigenvalue weighted by atomic mass is 28.3. The number of ether oxygens (including phenoxy) is 4. The van der Waals surface area contributed by atoms with Crippen molar-refractivity contribution >= 4 is 16.1 Å². The number of rotatable bonds is 14. The number of pyridine rings is 1. The summed E-state index contributed by atoms with van der Waals surface area (Å²) in [7, 11) is -2.23. The summed E-state index contributed by atoms with van der Waals surface area (Å²) in [6.45, 7) is 22.0.